The molecule has 164 valence electrons. The molecule has 0 heterocycles. The summed E-state index contributed by atoms with van der Waals surface area (Å²) in [7, 11) is 3.05. The molecule has 0 aromatic heterocycles. The van der Waals surface area contributed by atoms with Gasteiger partial charge in [-0.15, -0.1) is 0 Å². The number of carbonyl (C=O) groups excluding carboxylic acids is 2. The van der Waals surface area contributed by atoms with Crippen LogP contribution >= 0.6 is 0 Å². The van der Waals surface area contributed by atoms with Gasteiger partial charge in [-0.3, -0.25) is 9.59 Å². The van der Waals surface area contributed by atoms with E-state index in [9.17, 15) is 9.59 Å². The first-order valence-electron chi connectivity index (χ1n) is 10.5. The van der Waals surface area contributed by atoms with Crippen molar-refractivity contribution in [2.24, 2.45) is 11.0 Å². The zero-order chi connectivity index (χ0) is 22.2. The number of nitrogens with zero attached hydrogens (tertiary/aromatic N) is 1. The highest BCUT2D eigenvalue weighted by Gasteiger charge is 2.21. The number of carbonyl (C=O) groups is 2. The first kappa shape index (κ1) is 22.3. The Balaban J connectivity index is 1.65. The first-order valence-corrected chi connectivity index (χ1v) is 10.5. The van der Waals surface area contributed by atoms with E-state index in [2.05, 4.69) is 15.8 Å². The molecule has 0 saturated heterocycles. The lowest BCUT2D eigenvalue weighted by Crippen LogP contribution is -2.24. The minimum atomic E-state index is -0.359. The summed E-state index contributed by atoms with van der Waals surface area (Å²) in [6.45, 7) is 1.80. The standard InChI is InChI=1S/C24H29N3O4/c1-16(26-27-24(29)19-12-13-21(30-2)22(15-19)31-3)18-10-7-11-20(14-18)25-23(28)17-8-5-4-6-9-17/h7,10-15,17H,4-6,8-9H2,1-3H3,(H,25,28)(H,27,29)/b26-16-. The number of anilines is 1. The van der Waals surface area contributed by atoms with Crippen molar-refractivity contribution in [3.05, 3.63) is 53.6 Å². The Morgan fingerprint density at radius 3 is 2.39 bits per heavy atom. The number of hydrogen-bond donors (Lipinski definition) is 2. The molecule has 2 amide bonds. The second-order valence-electron chi connectivity index (χ2n) is 7.61. The van der Waals surface area contributed by atoms with Crippen LogP contribution in [0.2, 0.25) is 0 Å². The minimum absolute atomic E-state index is 0.0770. The van der Waals surface area contributed by atoms with Gasteiger partial charge in [-0.05, 0) is 55.7 Å². The lowest BCUT2D eigenvalue weighted by Gasteiger charge is -2.20. The zero-order valence-electron chi connectivity index (χ0n) is 18.2. The van der Waals surface area contributed by atoms with Crippen molar-refractivity contribution >= 4 is 23.2 Å². The van der Waals surface area contributed by atoms with E-state index in [-0.39, 0.29) is 17.7 Å². The normalized spacial score (nSPS) is 14.6. The lowest BCUT2D eigenvalue weighted by atomic mass is 9.88. The number of hydrazone groups is 1. The monoisotopic (exact) mass is 423 g/mol. The third-order valence-corrected chi connectivity index (χ3v) is 5.49. The van der Waals surface area contributed by atoms with E-state index in [4.69, 9.17) is 9.47 Å². The van der Waals surface area contributed by atoms with Gasteiger partial charge >= 0.3 is 0 Å². The van der Waals surface area contributed by atoms with Gasteiger partial charge in [0.25, 0.3) is 5.91 Å². The summed E-state index contributed by atoms with van der Waals surface area (Å²) < 4.78 is 10.4. The number of ether oxygens (including phenoxy) is 2. The summed E-state index contributed by atoms with van der Waals surface area (Å²) in [6.07, 6.45) is 5.35. The van der Waals surface area contributed by atoms with Crippen LogP contribution in [0.15, 0.2) is 47.6 Å². The third kappa shape index (κ3) is 5.84. The Hall–Kier alpha value is -3.35. The van der Waals surface area contributed by atoms with Crippen molar-refractivity contribution in [2.45, 2.75) is 39.0 Å². The van der Waals surface area contributed by atoms with Gasteiger partial charge in [-0.2, -0.15) is 5.10 Å². The molecule has 0 aliphatic heterocycles. The van der Waals surface area contributed by atoms with Crippen molar-refractivity contribution in [3.8, 4) is 11.5 Å². The second kappa shape index (κ2) is 10.6. The van der Waals surface area contributed by atoms with Gasteiger partial charge in [0.05, 0.1) is 19.9 Å². The smallest absolute Gasteiger partial charge is 0.271 e. The Bertz CT molecular complexity index is 965. The summed E-state index contributed by atoms with van der Waals surface area (Å²) >= 11 is 0. The van der Waals surface area contributed by atoms with Gasteiger partial charge in [0.15, 0.2) is 11.5 Å². The van der Waals surface area contributed by atoms with E-state index in [1.165, 1.54) is 20.6 Å². The Morgan fingerprint density at radius 1 is 0.935 bits per heavy atom. The maximum Gasteiger partial charge on any atom is 0.271 e. The average Bonchev–Trinajstić information content (AvgIpc) is 2.82. The maximum absolute atomic E-state index is 12.5. The topological polar surface area (TPSA) is 89.0 Å². The van der Waals surface area contributed by atoms with Crippen LogP contribution < -0.4 is 20.2 Å². The SMILES string of the molecule is COc1ccc(C(=O)N/N=C(/C)c2cccc(NC(=O)C3CCCCC3)c2)cc1OC. The van der Waals surface area contributed by atoms with Crippen LogP contribution in [0.5, 0.6) is 11.5 Å². The summed E-state index contributed by atoms with van der Waals surface area (Å²) in [5.74, 6) is 0.825. The molecule has 1 aliphatic carbocycles. The van der Waals surface area contributed by atoms with Crippen molar-refractivity contribution in [1.82, 2.24) is 5.43 Å². The van der Waals surface area contributed by atoms with Crippen LogP contribution in [0.4, 0.5) is 5.69 Å². The lowest BCUT2D eigenvalue weighted by molar-refractivity contribution is -0.120. The van der Waals surface area contributed by atoms with Gasteiger partial charge < -0.3 is 14.8 Å². The van der Waals surface area contributed by atoms with Crippen LogP contribution in [0.3, 0.4) is 0 Å². The largest absolute Gasteiger partial charge is 0.493 e. The van der Waals surface area contributed by atoms with E-state index in [0.29, 0.717) is 22.8 Å². The highest BCUT2D eigenvalue weighted by atomic mass is 16.5. The molecule has 7 heteroatoms. The second-order valence-corrected chi connectivity index (χ2v) is 7.61. The fourth-order valence-corrected chi connectivity index (χ4v) is 3.67. The molecule has 0 radical (unpaired) electrons. The molecule has 2 aromatic carbocycles. The summed E-state index contributed by atoms with van der Waals surface area (Å²) in [5.41, 5.74) is 5.14. The van der Waals surface area contributed by atoms with E-state index >= 15 is 0 Å². The number of rotatable bonds is 7. The van der Waals surface area contributed by atoms with Gasteiger partial charge in [0, 0.05) is 17.2 Å². The fraction of sp³-hybridized carbons (Fsp3) is 0.375. The number of hydrogen-bond acceptors (Lipinski definition) is 5. The zero-order valence-corrected chi connectivity index (χ0v) is 18.2. The maximum atomic E-state index is 12.5. The fourth-order valence-electron chi connectivity index (χ4n) is 3.67. The van der Waals surface area contributed by atoms with E-state index < -0.39 is 0 Å². The molecule has 1 saturated carbocycles. The summed E-state index contributed by atoms with van der Waals surface area (Å²) in [6, 6.07) is 12.4. The number of amides is 2. The van der Waals surface area contributed by atoms with Crippen LogP contribution in [0.1, 0.15) is 54.9 Å². The number of methoxy groups -OCH3 is 2. The predicted molar refractivity (Wildman–Crippen MR) is 121 cm³/mol. The molecule has 0 unspecified atom stereocenters. The molecular weight excluding hydrogens is 394 g/mol. The molecule has 0 bridgehead atoms. The van der Waals surface area contributed by atoms with Gasteiger partial charge in [-0.25, -0.2) is 5.43 Å². The van der Waals surface area contributed by atoms with Gasteiger partial charge in [0.2, 0.25) is 5.91 Å². The Labute approximate surface area is 182 Å². The predicted octanol–water partition coefficient (Wildman–Crippen LogP) is 4.38. The highest BCUT2D eigenvalue weighted by Crippen LogP contribution is 2.27. The molecule has 3 rings (SSSR count). The Kier molecular flexibility index (Phi) is 7.65. The van der Waals surface area contributed by atoms with Crippen LogP contribution in [0, 0.1) is 5.92 Å². The third-order valence-electron chi connectivity index (χ3n) is 5.49. The highest BCUT2D eigenvalue weighted by molar-refractivity contribution is 6.02. The van der Waals surface area contributed by atoms with Crippen LogP contribution in [0.25, 0.3) is 0 Å². The molecular formula is C24H29N3O4. The van der Waals surface area contributed by atoms with E-state index in [1.54, 1.807) is 25.1 Å². The van der Waals surface area contributed by atoms with Crippen LogP contribution in [-0.2, 0) is 4.79 Å². The van der Waals surface area contributed by atoms with Crippen molar-refractivity contribution in [1.29, 1.82) is 0 Å². The molecule has 2 aromatic rings. The number of nitrogens with one attached hydrogen (secondary N) is 2. The first-order chi connectivity index (χ1) is 15.0. The summed E-state index contributed by atoms with van der Waals surface area (Å²) in [5, 5.41) is 7.23. The van der Waals surface area contributed by atoms with Crippen molar-refractivity contribution in [3.63, 3.8) is 0 Å². The average molecular weight is 424 g/mol. The molecule has 2 N–H and O–H groups in total. The Morgan fingerprint density at radius 2 is 1.68 bits per heavy atom. The summed E-state index contributed by atoms with van der Waals surface area (Å²) in [4.78, 5) is 25.0. The van der Waals surface area contributed by atoms with Gasteiger partial charge in [0.1, 0.15) is 0 Å². The molecule has 1 aliphatic rings. The van der Waals surface area contributed by atoms with Crippen LogP contribution in [-0.4, -0.2) is 31.7 Å². The molecule has 31 heavy (non-hydrogen) atoms. The molecule has 7 nitrogen and oxygen atoms in total. The quantitative estimate of drug-likeness (QED) is 0.511. The van der Waals surface area contributed by atoms with Crippen molar-refractivity contribution in [2.75, 3.05) is 19.5 Å². The van der Waals surface area contributed by atoms with Gasteiger partial charge in [-0.1, -0.05) is 31.4 Å². The molecule has 1 fully saturated rings. The number of benzene rings is 2. The van der Waals surface area contributed by atoms with Crippen molar-refractivity contribution < 1.29 is 19.1 Å². The molecule has 0 atom stereocenters. The van der Waals surface area contributed by atoms with E-state index in [1.807, 2.05) is 24.3 Å². The van der Waals surface area contributed by atoms with E-state index in [0.717, 1.165) is 36.9 Å². The molecule has 0 spiro atoms. The minimum Gasteiger partial charge on any atom is -0.493 e.